The summed E-state index contributed by atoms with van der Waals surface area (Å²) in [5.74, 6) is 0.658. The second-order valence-corrected chi connectivity index (χ2v) is 7.67. The minimum Gasteiger partial charge on any atom is -0.302 e. The maximum Gasteiger partial charge on any atom is 0.223 e. The summed E-state index contributed by atoms with van der Waals surface area (Å²) in [6.07, 6.45) is 7.29. The molecule has 2 aromatic heterocycles. The Hall–Kier alpha value is -1.93. The molecule has 0 saturated carbocycles. The molecule has 2 aromatic rings. The predicted octanol–water partition coefficient (Wildman–Crippen LogP) is 2.87. The molecule has 3 heterocycles. The Balaban J connectivity index is 1.59. The second-order valence-electron chi connectivity index (χ2n) is 6.56. The minimum absolute atomic E-state index is 0.105. The van der Waals surface area contributed by atoms with E-state index in [0.717, 1.165) is 37.2 Å². The molecule has 25 heavy (non-hydrogen) atoms. The van der Waals surface area contributed by atoms with Crippen LogP contribution in [0.1, 0.15) is 37.4 Å². The summed E-state index contributed by atoms with van der Waals surface area (Å²) in [6.45, 7) is 5.49. The molecule has 0 radical (unpaired) electrons. The second kappa shape index (κ2) is 7.97. The van der Waals surface area contributed by atoms with Crippen molar-refractivity contribution in [2.24, 2.45) is 5.92 Å². The number of likely N-dealkylation sites (tertiary alicyclic amines) is 1. The number of amides is 1. The molecule has 0 bridgehead atoms. The number of carbonyl (C=O) groups is 1. The van der Waals surface area contributed by atoms with E-state index in [2.05, 4.69) is 32.1 Å². The summed E-state index contributed by atoms with van der Waals surface area (Å²) >= 11 is 1.51. The van der Waals surface area contributed by atoms with E-state index < -0.39 is 5.82 Å². The number of aromatic nitrogens is 3. The van der Waals surface area contributed by atoms with Crippen molar-refractivity contribution in [3.05, 3.63) is 35.1 Å². The Morgan fingerprint density at radius 1 is 1.32 bits per heavy atom. The molecule has 1 aliphatic heterocycles. The lowest BCUT2D eigenvalue weighted by atomic mass is 9.90. The van der Waals surface area contributed by atoms with Gasteiger partial charge < -0.3 is 5.32 Å². The first-order valence-electron chi connectivity index (χ1n) is 8.42. The van der Waals surface area contributed by atoms with Crippen molar-refractivity contribution < 1.29 is 9.18 Å². The van der Waals surface area contributed by atoms with Gasteiger partial charge in [0.05, 0.1) is 12.4 Å². The summed E-state index contributed by atoms with van der Waals surface area (Å²) in [4.78, 5) is 27.1. The summed E-state index contributed by atoms with van der Waals surface area (Å²) in [7, 11) is 0. The molecule has 134 valence electrons. The number of hydrogen-bond donors (Lipinski definition) is 1. The van der Waals surface area contributed by atoms with Crippen LogP contribution in [0.2, 0.25) is 0 Å². The molecule has 1 N–H and O–H groups in total. The first-order chi connectivity index (χ1) is 12.0. The van der Waals surface area contributed by atoms with Crippen LogP contribution in [0, 0.1) is 11.7 Å². The van der Waals surface area contributed by atoms with Crippen LogP contribution >= 0.6 is 11.3 Å². The van der Waals surface area contributed by atoms with Crippen molar-refractivity contribution >= 4 is 22.4 Å². The van der Waals surface area contributed by atoms with Crippen molar-refractivity contribution in [2.75, 3.05) is 11.9 Å². The Labute approximate surface area is 150 Å². The molecule has 8 heteroatoms. The van der Waals surface area contributed by atoms with Crippen LogP contribution in [-0.2, 0) is 17.8 Å². The molecule has 1 amide bonds. The van der Waals surface area contributed by atoms with E-state index in [1.807, 2.05) is 6.20 Å². The highest BCUT2D eigenvalue weighted by Crippen LogP contribution is 2.27. The van der Waals surface area contributed by atoms with Crippen molar-refractivity contribution in [3.8, 4) is 0 Å². The minimum atomic E-state index is -0.400. The van der Waals surface area contributed by atoms with Crippen LogP contribution < -0.4 is 5.32 Å². The highest BCUT2D eigenvalue weighted by Gasteiger charge is 2.26. The van der Waals surface area contributed by atoms with E-state index in [1.54, 1.807) is 0 Å². The largest absolute Gasteiger partial charge is 0.302 e. The lowest BCUT2D eigenvalue weighted by Gasteiger charge is -2.37. The molecule has 0 aromatic carbocycles. The topological polar surface area (TPSA) is 71.0 Å². The van der Waals surface area contributed by atoms with Crippen LogP contribution in [0.25, 0.3) is 0 Å². The van der Waals surface area contributed by atoms with E-state index in [4.69, 9.17) is 0 Å². The smallest absolute Gasteiger partial charge is 0.223 e. The van der Waals surface area contributed by atoms with Crippen LogP contribution in [0.3, 0.4) is 0 Å². The Kier molecular flexibility index (Phi) is 5.70. The number of rotatable bonds is 5. The molecular weight excluding hydrogens is 341 g/mol. The van der Waals surface area contributed by atoms with Crippen molar-refractivity contribution in [1.29, 1.82) is 0 Å². The number of nitrogens with one attached hydrogen (secondary N) is 1. The molecule has 1 saturated heterocycles. The number of carbonyl (C=O) groups excluding carboxylic acids is 1. The molecule has 0 spiro atoms. The van der Waals surface area contributed by atoms with E-state index in [1.165, 1.54) is 30.7 Å². The van der Waals surface area contributed by atoms with Gasteiger partial charge in [0.25, 0.3) is 0 Å². The van der Waals surface area contributed by atoms with E-state index in [9.17, 15) is 9.18 Å². The zero-order valence-electron chi connectivity index (χ0n) is 14.4. The van der Waals surface area contributed by atoms with Crippen molar-refractivity contribution in [2.45, 2.75) is 45.7 Å². The number of hydrogen-bond acceptors (Lipinski definition) is 6. The summed E-state index contributed by atoms with van der Waals surface area (Å²) in [5.41, 5.74) is 0. The van der Waals surface area contributed by atoms with Crippen LogP contribution in [0.4, 0.5) is 9.52 Å². The highest BCUT2D eigenvalue weighted by molar-refractivity contribution is 7.15. The fourth-order valence-corrected chi connectivity index (χ4v) is 4.03. The normalized spacial score (nSPS) is 21.2. The monoisotopic (exact) mass is 363 g/mol. The molecule has 0 unspecified atom stereocenters. The number of anilines is 1. The first kappa shape index (κ1) is 17.9. The van der Waals surface area contributed by atoms with Gasteiger partial charge >= 0.3 is 0 Å². The van der Waals surface area contributed by atoms with Crippen molar-refractivity contribution in [3.63, 3.8) is 0 Å². The molecule has 3 rings (SSSR count). The molecular formula is C17H22FN5OS. The Morgan fingerprint density at radius 3 is 2.80 bits per heavy atom. The third-order valence-electron chi connectivity index (χ3n) is 4.45. The molecule has 0 aliphatic carbocycles. The maximum atomic E-state index is 12.9. The van der Waals surface area contributed by atoms with E-state index in [0.29, 0.717) is 22.9 Å². The number of halogens is 1. The zero-order chi connectivity index (χ0) is 17.8. The maximum absolute atomic E-state index is 12.9. The average molecular weight is 363 g/mol. The summed E-state index contributed by atoms with van der Waals surface area (Å²) in [6, 6.07) is 0.497. The van der Waals surface area contributed by atoms with Crippen LogP contribution in [0.5, 0.6) is 0 Å². The number of nitrogens with zero attached hydrogens (tertiary/aromatic N) is 4. The van der Waals surface area contributed by atoms with Gasteiger partial charge in [0.1, 0.15) is 5.82 Å². The lowest BCUT2D eigenvalue weighted by Crippen LogP contribution is -2.41. The lowest BCUT2D eigenvalue weighted by molar-refractivity contribution is -0.114. The van der Waals surface area contributed by atoms with Gasteiger partial charge in [-0.05, 0) is 25.7 Å². The van der Waals surface area contributed by atoms with Gasteiger partial charge in [0.15, 0.2) is 10.9 Å². The average Bonchev–Trinajstić information content (AvgIpc) is 2.99. The molecule has 6 nitrogen and oxygen atoms in total. The summed E-state index contributed by atoms with van der Waals surface area (Å²) in [5, 5.41) is 3.36. The van der Waals surface area contributed by atoms with Gasteiger partial charge in [0.2, 0.25) is 5.91 Å². The third-order valence-corrected chi connectivity index (χ3v) is 5.35. The Morgan fingerprint density at radius 2 is 2.08 bits per heavy atom. The van der Waals surface area contributed by atoms with Gasteiger partial charge in [-0.2, -0.15) is 0 Å². The zero-order valence-corrected chi connectivity index (χ0v) is 15.2. The standard InChI is InChI=1S/C17H22FN5OS/c1-11-3-4-13(5-16-19-6-14(18)7-20-16)9-23(11)10-15-8-21-17(25-15)22-12(2)24/h6-8,11,13H,3-5,9-10H2,1-2H3,(H,21,22,24)/t11-,13-/m1/s1. The van der Waals surface area contributed by atoms with Crippen LogP contribution in [-0.4, -0.2) is 38.3 Å². The first-order valence-corrected chi connectivity index (χ1v) is 9.24. The van der Waals surface area contributed by atoms with Gasteiger partial charge in [-0.1, -0.05) is 0 Å². The molecule has 2 atom stereocenters. The fraction of sp³-hybridized carbons (Fsp3) is 0.529. The fourth-order valence-electron chi connectivity index (χ4n) is 3.14. The van der Waals surface area contributed by atoms with Gasteiger partial charge in [-0.25, -0.2) is 19.3 Å². The number of thiazole rings is 1. The van der Waals surface area contributed by atoms with Gasteiger partial charge in [0, 0.05) is 43.5 Å². The SMILES string of the molecule is CC(=O)Nc1ncc(CN2C[C@@H](Cc3ncc(F)cn3)CC[C@H]2C)s1. The Bertz CT molecular complexity index is 720. The highest BCUT2D eigenvalue weighted by atomic mass is 32.1. The van der Waals surface area contributed by atoms with Gasteiger partial charge in [-0.3, -0.25) is 9.69 Å². The van der Waals surface area contributed by atoms with E-state index >= 15 is 0 Å². The molecule has 1 aliphatic rings. The quantitative estimate of drug-likeness (QED) is 0.884. The van der Waals surface area contributed by atoms with Crippen molar-refractivity contribution in [1.82, 2.24) is 19.9 Å². The van der Waals surface area contributed by atoms with Crippen LogP contribution in [0.15, 0.2) is 18.6 Å². The molecule has 1 fully saturated rings. The third kappa shape index (κ3) is 5.02. The summed E-state index contributed by atoms with van der Waals surface area (Å²) < 4.78 is 12.9. The number of piperidine rings is 1. The van der Waals surface area contributed by atoms with Gasteiger partial charge in [-0.15, -0.1) is 11.3 Å². The van der Waals surface area contributed by atoms with E-state index in [-0.39, 0.29) is 5.91 Å². The predicted molar refractivity (Wildman–Crippen MR) is 94.7 cm³/mol.